The number of hydrogen-bond acceptors (Lipinski definition) is 0. The Kier molecular flexibility index (Phi) is 3.09. The Morgan fingerprint density at radius 1 is 1.25 bits per heavy atom. The predicted octanol–water partition coefficient (Wildman–Crippen LogP) is 0.0651. The molecule has 12 heavy (non-hydrogen) atoms. The molecule has 0 saturated carbocycles. The second-order valence-electron chi connectivity index (χ2n) is 3.26. The van der Waals surface area contributed by atoms with Crippen LogP contribution in [0.2, 0.25) is 0 Å². The molecule has 1 saturated heterocycles. The summed E-state index contributed by atoms with van der Waals surface area (Å²) in [6.45, 7) is 4.98. The summed E-state index contributed by atoms with van der Waals surface area (Å²) >= 11 is 1.46. The minimum absolute atomic E-state index is 0.724. The number of hydrogen-bond donors (Lipinski definition) is 0. The quantitative estimate of drug-likeness (QED) is 0.470. The van der Waals surface area contributed by atoms with Crippen molar-refractivity contribution in [2.75, 3.05) is 13.1 Å². The van der Waals surface area contributed by atoms with E-state index in [9.17, 15) is 0 Å². The summed E-state index contributed by atoms with van der Waals surface area (Å²) in [5.41, 5.74) is 0. The van der Waals surface area contributed by atoms with Crippen LogP contribution in [-0.4, -0.2) is 42.1 Å². The van der Waals surface area contributed by atoms with Crippen LogP contribution in [0, 0.1) is 6.92 Å². The predicted molar refractivity (Wildman–Crippen MR) is 53.9 cm³/mol. The summed E-state index contributed by atoms with van der Waals surface area (Å²) in [6.07, 6.45) is 4.31. The molecule has 1 fully saturated rings. The SMILES string of the molecule is Cc1c[se]c(=[N+]2CCCCC2)[se]1. The normalized spacial score (nSPS) is 18.2. The van der Waals surface area contributed by atoms with Crippen LogP contribution in [0.25, 0.3) is 0 Å². The van der Waals surface area contributed by atoms with Gasteiger partial charge in [-0.1, -0.05) is 0 Å². The molecule has 3 heteroatoms. The van der Waals surface area contributed by atoms with Gasteiger partial charge in [0.25, 0.3) is 0 Å². The molecule has 0 bridgehead atoms. The Morgan fingerprint density at radius 3 is 2.58 bits per heavy atom. The molecule has 0 atom stereocenters. The zero-order chi connectivity index (χ0) is 8.39. The van der Waals surface area contributed by atoms with Gasteiger partial charge < -0.3 is 0 Å². The molecule has 0 N–H and O–H groups in total. The van der Waals surface area contributed by atoms with Crippen molar-refractivity contribution >= 4 is 29.0 Å². The van der Waals surface area contributed by atoms with E-state index in [2.05, 4.69) is 16.4 Å². The molecule has 1 aromatic heterocycles. The maximum absolute atomic E-state index is 2.66. The van der Waals surface area contributed by atoms with E-state index in [1.165, 1.54) is 32.4 Å². The van der Waals surface area contributed by atoms with Crippen LogP contribution in [0.1, 0.15) is 23.7 Å². The summed E-state index contributed by atoms with van der Waals surface area (Å²) in [5, 5.41) is 0. The monoisotopic (exact) mass is 296 g/mol. The van der Waals surface area contributed by atoms with Crippen molar-refractivity contribution in [1.82, 2.24) is 4.58 Å². The van der Waals surface area contributed by atoms with Gasteiger partial charge in [0.1, 0.15) is 0 Å². The second-order valence-corrected chi connectivity index (χ2v) is 8.96. The number of aryl methyl sites for hydroxylation is 1. The van der Waals surface area contributed by atoms with E-state index >= 15 is 0 Å². The van der Waals surface area contributed by atoms with Gasteiger partial charge in [-0.2, -0.15) is 0 Å². The van der Waals surface area contributed by atoms with Gasteiger partial charge in [-0.25, -0.2) is 0 Å². The topological polar surface area (TPSA) is 3.01 Å². The Bertz CT molecular complexity index is 313. The molecule has 1 nitrogen and oxygen atoms in total. The summed E-state index contributed by atoms with van der Waals surface area (Å²) in [4.78, 5) is 2.47. The molecule has 0 unspecified atom stereocenters. The van der Waals surface area contributed by atoms with Crippen LogP contribution in [0.15, 0.2) is 4.94 Å². The van der Waals surface area contributed by atoms with E-state index in [1.54, 1.807) is 7.54 Å². The second kappa shape index (κ2) is 4.11. The van der Waals surface area contributed by atoms with Crippen LogP contribution in [0.3, 0.4) is 0 Å². The van der Waals surface area contributed by atoms with Crippen LogP contribution in [-0.2, 0) is 0 Å². The first-order valence-electron chi connectivity index (χ1n) is 4.49. The van der Waals surface area contributed by atoms with Gasteiger partial charge in [-0.3, -0.25) is 0 Å². The van der Waals surface area contributed by atoms with Gasteiger partial charge in [0, 0.05) is 0 Å². The fraction of sp³-hybridized carbons (Fsp3) is 0.667. The molecule has 0 aromatic carbocycles. The number of piperidine rings is 1. The van der Waals surface area contributed by atoms with Crippen LogP contribution >= 0.6 is 0 Å². The van der Waals surface area contributed by atoms with Crippen LogP contribution in [0.4, 0.5) is 0 Å². The van der Waals surface area contributed by atoms with Gasteiger partial charge in [-0.15, -0.1) is 0 Å². The molecule has 0 spiro atoms. The number of nitrogens with zero attached hydrogens (tertiary/aromatic N) is 1. The molecule has 66 valence electrons. The Labute approximate surface area is 85.2 Å². The molecule has 0 aliphatic carbocycles. The fourth-order valence-electron chi connectivity index (χ4n) is 1.53. The van der Waals surface area contributed by atoms with E-state index in [-0.39, 0.29) is 0 Å². The molecule has 2 heterocycles. The van der Waals surface area contributed by atoms with Crippen molar-refractivity contribution in [3.8, 4) is 0 Å². The standard InChI is InChI=1S/C9H14NSe2/c1-8-7-11-9(12-8)10-5-3-2-4-6-10/h7H,2-6H2,1H3/q+1. The van der Waals surface area contributed by atoms with Gasteiger partial charge in [0.05, 0.1) is 0 Å². The van der Waals surface area contributed by atoms with Crippen molar-refractivity contribution in [2.24, 2.45) is 0 Å². The third kappa shape index (κ3) is 2.03. The molecule has 1 aliphatic heterocycles. The van der Waals surface area contributed by atoms with Gasteiger partial charge >= 0.3 is 85.3 Å². The van der Waals surface area contributed by atoms with Gasteiger partial charge in [0.15, 0.2) is 0 Å². The van der Waals surface area contributed by atoms with Gasteiger partial charge in [-0.05, 0) is 0 Å². The van der Waals surface area contributed by atoms with Crippen LogP contribution in [0.5, 0.6) is 0 Å². The summed E-state index contributed by atoms with van der Waals surface area (Å²) in [5.74, 6) is 0. The Balaban J connectivity index is 2.34. The molecule has 0 radical (unpaired) electrons. The van der Waals surface area contributed by atoms with E-state index in [0.29, 0.717) is 0 Å². The Hall–Kier alpha value is 0.449. The summed E-state index contributed by atoms with van der Waals surface area (Å²) in [6, 6.07) is 0. The van der Waals surface area contributed by atoms with Crippen molar-refractivity contribution in [3.05, 3.63) is 12.5 Å². The van der Waals surface area contributed by atoms with E-state index in [1.807, 2.05) is 0 Å². The Morgan fingerprint density at radius 2 is 2.00 bits per heavy atom. The molecular weight excluding hydrogens is 280 g/mol. The molecule has 0 amide bonds. The average molecular weight is 294 g/mol. The summed E-state index contributed by atoms with van der Waals surface area (Å²) < 4.78 is 6.12. The van der Waals surface area contributed by atoms with Crippen molar-refractivity contribution < 1.29 is 0 Å². The zero-order valence-corrected chi connectivity index (χ0v) is 10.8. The van der Waals surface area contributed by atoms with Gasteiger partial charge in [0.2, 0.25) is 0 Å². The third-order valence-electron chi connectivity index (χ3n) is 2.19. The number of rotatable bonds is 0. The third-order valence-corrected chi connectivity index (χ3v) is 8.69. The maximum atomic E-state index is 2.66. The van der Waals surface area contributed by atoms with Crippen molar-refractivity contribution in [3.63, 3.8) is 0 Å². The first kappa shape index (κ1) is 9.02. The average Bonchev–Trinajstić information content (AvgIpc) is 2.54. The molecule has 1 aliphatic rings. The van der Waals surface area contributed by atoms with Crippen molar-refractivity contribution in [1.29, 1.82) is 0 Å². The zero-order valence-electron chi connectivity index (χ0n) is 7.38. The fourth-order valence-corrected chi connectivity index (χ4v) is 7.76. The minimum atomic E-state index is 0.724. The molecular formula is C9H14NSe2+. The van der Waals surface area contributed by atoms with Crippen molar-refractivity contribution in [2.45, 2.75) is 26.2 Å². The first-order chi connectivity index (χ1) is 5.86. The van der Waals surface area contributed by atoms with E-state index in [0.717, 1.165) is 29.0 Å². The molecule has 1 aromatic rings. The molecule has 2 rings (SSSR count). The van der Waals surface area contributed by atoms with Crippen LogP contribution < -0.4 is 7.68 Å². The van der Waals surface area contributed by atoms with E-state index < -0.39 is 0 Å². The first-order valence-corrected chi connectivity index (χ1v) is 8.05. The van der Waals surface area contributed by atoms with E-state index in [4.69, 9.17) is 0 Å². The summed E-state index contributed by atoms with van der Waals surface area (Å²) in [7, 11) is 0.